The third kappa shape index (κ3) is 4.29. The zero-order valence-corrected chi connectivity index (χ0v) is 18.6. The molecule has 7 nitrogen and oxygen atoms in total. The topological polar surface area (TPSA) is 89.5 Å². The predicted molar refractivity (Wildman–Crippen MR) is 110 cm³/mol. The van der Waals surface area contributed by atoms with E-state index in [-0.39, 0.29) is 16.9 Å². The third-order valence-electron chi connectivity index (χ3n) is 6.20. The van der Waals surface area contributed by atoms with Gasteiger partial charge in [-0.25, -0.2) is 14.2 Å². The molecule has 0 spiro atoms. The summed E-state index contributed by atoms with van der Waals surface area (Å²) in [6.07, 6.45) is -3.57. The molecule has 2 heterocycles. The summed E-state index contributed by atoms with van der Waals surface area (Å²) < 4.78 is 79.8. The molecule has 12 heteroatoms. The van der Waals surface area contributed by atoms with Crippen molar-refractivity contribution in [3.8, 4) is 5.75 Å². The largest absolute Gasteiger partial charge is 0.493 e. The molecule has 1 aromatic carbocycles. The number of aromatic nitrogens is 1. The van der Waals surface area contributed by atoms with Gasteiger partial charge in [-0.3, -0.25) is 10.1 Å². The number of pyridine rings is 1. The Hall–Kier alpha value is -3.28. The molecule has 0 bridgehead atoms. The quantitative estimate of drug-likeness (QED) is 0.493. The Kier molecular flexibility index (Phi) is 6.83. The maximum absolute atomic E-state index is 14.4. The second kappa shape index (κ2) is 9.16. The van der Waals surface area contributed by atoms with Crippen LogP contribution in [0.1, 0.15) is 35.8 Å². The van der Waals surface area contributed by atoms with E-state index < -0.39 is 58.9 Å². The van der Waals surface area contributed by atoms with Crippen LogP contribution in [0.2, 0.25) is 0 Å². The van der Waals surface area contributed by atoms with Gasteiger partial charge in [0.15, 0.2) is 11.6 Å². The highest BCUT2D eigenvalue weighted by molar-refractivity contribution is 5.97. The maximum atomic E-state index is 14.4. The summed E-state index contributed by atoms with van der Waals surface area (Å²) >= 11 is 0. The van der Waals surface area contributed by atoms with Crippen LogP contribution in [-0.4, -0.2) is 48.8 Å². The lowest BCUT2D eigenvalue weighted by atomic mass is 9.76. The van der Waals surface area contributed by atoms with E-state index in [2.05, 4.69) is 20.4 Å². The molecule has 184 valence electrons. The van der Waals surface area contributed by atoms with Crippen LogP contribution >= 0.6 is 0 Å². The fraction of sp³-hybridized carbons (Fsp3) is 0.409. The Balaban J connectivity index is 2.06. The van der Waals surface area contributed by atoms with E-state index in [1.165, 1.54) is 25.3 Å². The number of carbonyl (C=O) groups excluding carboxylic acids is 2. The van der Waals surface area contributed by atoms with Crippen LogP contribution < -0.4 is 15.4 Å². The Morgan fingerprint density at radius 3 is 2.44 bits per heavy atom. The van der Waals surface area contributed by atoms with Crippen molar-refractivity contribution in [3.63, 3.8) is 0 Å². The van der Waals surface area contributed by atoms with E-state index in [0.29, 0.717) is 0 Å². The van der Waals surface area contributed by atoms with Gasteiger partial charge in [-0.15, -0.1) is 0 Å². The van der Waals surface area contributed by atoms with Crippen LogP contribution in [0.15, 0.2) is 30.5 Å². The highest BCUT2D eigenvalue weighted by Gasteiger charge is 2.64. The van der Waals surface area contributed by atoms with Gasteiger partial charge in [0.05, 0.1) is 20.3 Å². The van der Waals surface area contributed by atoms with Crippen molar-refractivity contribution in [1.29, 1.82) is 0 Å². The van der Waals surface area contributed by atoms with Gasteiger partial charge in [-0.2, -0.15) is 17.6 Å². The minimum Gasteiger partial charge on any atom is -0.493 e. The van der Waals surface area contributed by atoms with Gasteiger partial charge in [-0.05, 0) is 31.0 Å². The first-order valence-electron chi connectivity index (χ1n) is 10.1. The minimum absolute atomic E-state index is 0.0754. The van der Waals surface area contributed by atoms with Gasteiger partial charge >= 0.3 is 12.1 Å². The second-order valence-corrected chi connectivity index (χ2v) is 8.03. The van der Waals surface area contributed by atoms with Crippen LogP contribution in [-0.2, 0) is 9.53 Å². The summed E-state index contributed by atoms with van der Waals surface area (Å²) in [6.45, 7) is 2.16. The molecule has 0 radical (unpaired) electrons. The number of anilines is 1. The molecule has 2 N–H and O–H groups in total. The molecule has 0 unspecified atom stereocenters. The molecule has 4 atom stereocenters. The van der Waals surface area contributed by atoms with Crippen LogP contribution in [0.4, 0.5) is 27.6 Å². The van der Waals surface area contributed by atoms with Gasteiger partial charge in [0, 0.05) is 23.4 Å². The Bertz CT molecular complexity index is 1110. The van der Waals surface area contributed by atoms with Crippen LogP contribution in [0, 0.1) is 17.6 Å². The molecule has 1 aliphatic heterocycles. The fourth-order valence-corrected chi connectivity index (χ4v) is 4.17. The maximum Gasteiger partial charge on any atom is 0.406 e. The smallest absolute Gasteiger partial charge is 0.406 e. The number of esters is 1. The fourth-order valence-electron chi connectivity index (χ4n) is 4.17. The molecular formula is C22H22F5N3O4. The van der Waals surface area contributed by atoms with Gasteiger partial charge in [0.2, 0.25) is 11.7 Å². The first-order chi connectivity index (χ1) is 15.9. The highest BCUT2D eigenvalue weighted by atomic mass is 19.4. The number of benzene rings is 1. The number of amides is 1. The zero-order valence-electron chi connectivity index (χ0n) is 18.6. The number of nitrogens with zero attached hydrogens (tertiary/aromatic N) is 1. The normalized spacial score (nSPS) is 24.6. The number of hydrogen-bond donors (Lipinski definition) is 2. The summed E-state index contributed by atoms with van der Waals surface area (Å²) in [6, 6.07) is 2.88. The number of alkyl halides is 3. The third-order valence-corrected chi connectivity index (χ3v) is 6.20. The van der Waals surface area contributed by atoms with Gasteiger partial charge in [0.25, 0.3) is 0 Å². The standard InChI is InChI=1S/C22H22F5N3O4/c1-10-15(12-5-6-13(23)16(24)18(12)33-3)17(30-21(10,2)22(25,26)27)19(31)29-11-7-8-28-14(9-11)20(32)34-4/h5-10,15,17,30H,1-4H3,(H,28,29,31)/t10-,15-,17+,21+/m0/s1. The highest BCUT2D eigenvalue weighted by Crippen LogP contribution is 2.51. The number of hydrogen-bond acceptors (Lipinski definition) is 6. The Labute approximate surface area is 191 Å². The summed E-state index contributed by atoms with van der Waals surface area (Å²) in [5, 5.41) is 4.79. The van der Waals surface area contributed by atoms with Crippen molar-refractivity contribution in [3.05, 3.63) is 53.4 Å². The van der Waals surface area contributed by atoms with E-state index in [1.807, 2.05) is 0 Å². The van der Waals surface area contributed by atoms with Crippen LogP contribution in [0.3, 0.4) is 0 Å². The summed E-state index contributed by atoms with van der Waals surface area (Å²) in [7, 11) is 2.19. The monoisotopic (exact) mass is 487 g/mol. The molecule has 34 heavy (non-hydrogen) atoms. The number of ether oxygens (including phenoxy) is 2. The molecule has 3 rings (SSSR count). The molecule has 2 aromatic rings. The predicted octanol–water partition coefficient (Wildman–Crippen LogP) is 3.81. The lowest BCUT2D eigenvalue weighted by molar-refractivity contribution is -0.198. The molecule has 1 amide bonds. The molecule has 1 fully saturated rings. The molecular weight excluding hydrogens is 465 g/mol. The number of halogens is 5. The number of rotatable bonds is 5. The summed E-state index contributed by atoms with van der Waals surface area (Å²) in [4.78, 5) is 28.7. The lowest BCUT2D eigenvalue weighted by Gasteiger charge is -2.33. The first-order valence-corrected chi connectivity index (χ1v) is 10.1. The molecule has 0 aliphatic carbocycles. The molecule has 1 aromatic heterocycles. The molecule has 1 aliphatic rings. The average molecular weight is 487 g/mol. The van der Waals surface area contributed by atoms with Gasteiger partial charge in [0.1, 0.15) is 11.2 Å². The van der Waals surface area contributed by atoms with Gasteiger partial charge in [-0.1, -0.05) is 13.0 Å². The van der Waals surface area contributed by atoms with Crippen molar-refractivity contribution in [2.24, 2.45) is 5.92 Å². The van der Waals surface area contributed by atoms with E-state index in [4.69, 9.17) is 4.74 Å². The number of carbonyl (C=O) groups is 2. The summed E-state index contributed by atoms with van der Waals surface area (Å²) in [5.41, 5.74) is -2.69. The van der Waals surface area contributed by atoms with Crippen LogP contribution in [0.25, 0.3) is 0 Å². The van der Waals surface area contributed by atoms with E-state index >= 15 is 0 Å². The van der Waals surface area contributed by atoms with E-state index in [0.717, 1.165) is 33.3 Å². The zero-order chi connectivity index (χ0) is 25.4. The van der Waals surface area contributed by atoms with Crippen molar-refractivity contribution in [1.82, 2.24) is 10.3 Å². The van der Waals surface area contributed by atoms with Gasteiger partial charge < -0.3 is 14.8 Å². The average Bonchev–Trinajstić information content (AvgIpc) is 3.07. The Morgan fingerprint density at radius 2 is 1.85 bits per heavy atom. The number of methoxy groups -OCH3 is 2. The first kappa shape index (κ1) is 25.3. The summed E-state index contributed by atoms with van der Waals surface area (Å²) in [5.74, 6) is -7.41. The molecule has 0 saturated carbocycles. The number of nitrogens with one attached hydrogen (secondary N) is 2. The van der Waals surface area contributed by atoms with Crippen LogP contribution in [0.5, 0.6) is 5.75 Å². The van der Waals surface area contributed by atoms with Crippen molar-refractivity contribution < 1.29 is 41.0 Å². The second-order valence-electron chi connectivity index (χ2n) is 8.03. The SMILES string of the molecule is COC(=O)c1cc(NC(=O)[C@@H]2N[C@@](C)(C(F)(F)F)[C@@H](C)[C@H]2c2ccc(F)c(F)c2OC)ccn1. The van der Waals surface area contributed by atoms with Crippen molar-refractivity contribution >= 4 is 17.6 Å². The molecule has 1 saturated heterocycles. The minimum atomic E-state index is -4.78. The van der Waals surface area contributed by atoms with Crippen molar-refractivity contribution in [2.45, 2.75) is 37.5 Å². The van der Waals surface area contributed by atoms with Crippen molar-refractivity contribution in [2.75, 3.05) is 19.5 Å². The Morgan fingerprint density at radius 1 is 1.18 bits per heavy atom. The van der Waals surface area contributed by atoms with E-state index in [9.17, 15) is 31.5 Å². The van der Waals surface area contributed by atoms with E-state index in [1.54, 1.807) is 0 Å². The lowest BCUT2D eigenvalue weighted by Crippen LogP contribution is -2.56.